The zero-order valence-electron chi connectivity index (χ0n) is 44.7. The third-order valence-electron chi connectivity index (χ3n) is 11.7. The molecule has 0 radical (unpaired) electrons. The number of para-hydroxylation sites is 2. The van der Waals surface area contributed by atoms with Crippen molar-refractivity contribution in [3.8, 4) is 53.0 Å². The van der Waals surface area contributed by atoms with Crippen molar-refractivity contribution in [3.05, 3.63) is 119 Å². The summed E-state index contributed by atoms with van der Waals surface area (Å²) in [5, 5.41) is 41.0. The second-order valence-electron chi connectivity index (χ2n) is 17.5. The monoisotopic (exact) mass is 1110 g/mol. The molecular formula is C61H69N7O5S4. The minimum atomic E-state index is 0.184. The van der Waals surface area contributed by atoms with Crippen LogP contribution in [0.25, 0.3) is 0 Å². The molecular weight excluding hydrogens is 1040 g/mol. The lowest BCUT2D eigenvalue weighted by Gasteiger charge is -2.22. The molecule has 402 valence electrons. The Kier molecular flexibility index (Phi) is 26.3. The lowest BCUT2D eigenvalue weighted by Crippen LogP contribution is -2.08. The highest BCUT2D eigenvalue weighted by molar-refractivity contribution is 8.03. The Morgan fingerprint density at radius 3 is 1.08 bits per heavy atom. The van der Waals surface area contributed by atoms with Crippen LogP contribution < -0.4 is 40.9 Å². The van der Waals surface area contributed by atoms with Gasteiger partial charge in [0.1, 0.15) is 52.3 Å². The zero-order valence-corrected chi connectivity index (χ0v) is 48.0. The molecule has 0 spiro atoms. The molecule has 6 aromatic carbocycles. The van der Waals surface area contributed by atoms with E-state index in [4.69, 9.17) is 40.9 Å². The average Bonchev–Trinajstić information content (AvgIpc) is 3.49. The summed E-state index contributed by atoms with van der Waals surface area (Å²) in [5.41, 5.74) is 21.4. The van der Waals surface area contributed by atoms with Crippen LogP contribution in [0.2, 0.25) is 0 Å². The van der Waals surface area contributed by atoms with E-state index in [0.29, 0.717) is 81.2 Å². The molecule has 6 N–H and O–H groups in total. The summed E-state index contributed by atoms with van der Waals surface area (Å²) in [6, 6.07) is 39.4. The average molecular weight is 1110 g/mol. The molecule has 0 fully saturated rings. The number of nitrogen functional groups attached to an aromatic ring is 3. The number of rotatable bonds is 29. The van der Waals surface area contributed by atoms with Crippen LogP contribution in [0.5, 0.6) is 28.7 Å². The van der Waals surface area contributed by atoms with Crippen LogP contribution >= 0.6 is 47.0 Å². The Hall–Kier alpha value is -6.92. The maximum absolute atomic E-state index is 10.3. The molecule has 0 heterocycles. The fourth-order valence-corrected chi connectivity index (χ4v) is 12.0. The second kappa shape index (κ2) is 33.3. The van der Waals surface area contributed by atoms with Gasteiger partial charge in [0.05, 0.1) is 53.1 Å². The highest BCUT2D eigenvalue weighted by atomic mass is 32.2. The molecule has 0 aliphatic heterocycles. The van der Waals surface area contributed by atoms with Gasteiger partial charge in [-0.1, -0.05) is 156 Å². The summed E-state index contributed by atoms with van der Waals surface area (Å²) < 4.78 is 30.5. The SMILES string of the molecule is CCCCCOc1c(C#N)c(C#N)c(OCCCCC)c(Sc2ccccc2N)c1Sc1ccc(OC)cc1.CCCCCOc1c(C#N)c(C#N)c(OCCCCC)c(Sc2ccccc2N)c1Sc1cccc(N)c1. The largest absolute Gasteiger partial charge is 0.497 e. The first-order valence-electron chi connectivity index (χ1n) is 26.1. The maximum atomic E-state index is 10.3. The number of unbranched alkanes of at least 4 members (excludes halogenated alkanes) is 8. The minimum Gasteiger partial charge on any atom is -0.497 e. The van der Waals surface area contributed by atoms with Gasteiger partial charge in [-0.3, -0.25) is 0 Å². The van der Waals surface area contributed by atoms with Crippen molar-refractivity contribution in [2.24, 2.45) is 0 Å². The summed E-state index contributed by atoms with van der Waals surface area (Å²) in [5.74, 6) is 2.34. The van der Waals surface area contributed by atoms with E-state index in [0.717, 1.165) is 107 Å². The topological polar surface area (TPSA) is 219 Å². The van der Waals surface area contributed by atoms with Crippen LogP contribution in [0, 0.1) is 45.3 Å². The number of benzene rings is 6. The number of hydrogen-bond acceptors (Lipinski definition) is 16. The Morgan fingerprint density at radius 1 is 0.403 bits per heavy atom. The van der Waals surface area contributed by atoms with E-state index < -0.39 is 0 Å². The van der Waals surface area contributed by atoms with Crippen LogP contribution in [0.1, 0.15) is 127 Å². The van der Waals surface area contributed by atoms with Gasteiger partial charge in [0, 0.05) is 36.6 Å². The van der Waals surface area contributed by atoms with Crippen molar-refractivity contribution in [3.63, 3.8) is 0 Å². The van der Waals surface area contributed by atoms with Gasteiger partial charge < -0.3 is 40.9 Å². The van der Waals surface area contributed by atoms with Crippen LogP contribution in [-0.2, 0) is 0 Å². The zero-order chi connectivity index (χ0) is 55.4. The number of anilines is 3. The fraction of sp³-hybridized carbons (Fsp3) is 0.344. The molecule has 0 aromatic heterocycles. The molecule has 77 heavy (non-hydrogen) atoms. The first kappa shape index (κ1) is 60.9. The molecule has 6 rings (SSSR count). The van der Waals surface area contributed by atoms with Crippen molar-refractivity contribution in [1.29, 1.82) is 21.0 Å². The Bertz CT molecular complexity index is 3040. The van der Waals surface area contributed by atoms with E-state index in [1.165, 1.54) is 47.0 Å². The van der Waals surface area contributed by atoms with Crippen molar-refractivity contribution in [2.45, 2.75) is 144 Å². The highest BCUT2D eigenvalue weighted by Gasteiger charge is 2.31. The molecule has 0 aliphatic carbocycles. The molecule has 0 amide bonds. The Balaban J connectivity index is 0.000000284. The van der Waals surface area contributed by atoms with Crippen LogP contribution in [0.3, 0.4) is 0 Å². The molecule has 6 aromatic rings. The lowest BCUT2D eigenvalue weighted by atomic mass is 10.1. The van der Waals surface area contributed by atoms with E-state index in [-0.39, 0.29) is 22.3 Å². The Morgan fingerprint density at radius 2 is 0.753 bits per heavy atom. The third-order valence-corrected chi connectivity index (χ3v) is 16.5. The summed E-state index contributed by atoms with van der Waals surface area (Å²) in [6.45, 7) is 10.3. The van der Waals surface area contributed by atoms with Gasteiger partial charge in [-0.2, -0.15) is 21.0 Å². The predicted octanol–water partition coefficient (Wildman–Crippen LogP) is 16.5. The van der Waals surface area contributed by atoms with E-state index in [9.17, 15) is 21.0 Å². The van der Waals surface area contributed by atoms with Gasteiger partial charge in [0.25, 0.3) is 0 Å². The van der Waals surface area contributed by atoms with Gasteiger partial charge in [-0.15, -0.1) is 0 Å². The maximum Gasteiger partial charge on any atom is 0.153 e. The van der Waals surface area contributed by atoms with E-state index in [1.54, 1.807) is 7.11 Å². The Labute approximate surface area is 472 Å². The number of nitrogens with zero attached hydrogens (tertiary/aromatic N) is 4. The molecule has 0 saturated heterocycles. The molecule has 0 atom stereocenters. The summed E-state index contributed by atoms with van der Waals surface area (Å²) in [4.78, 5) is 6.33. The third kappa shape index (κ3) is 17.6. The van der Waals surface area contributed by atoms with Crippen molar-refractivity contribution in [2.75, 3.05) is 50.7 Å². The lowest BCUT2D eigenvalue weighted by molar-refractivity contribution is 0.284. The van der Waals surface area contributed by atoms with Crippen molar-refractivity contribution >= 4 is 64.1 Å². The molecule has 0 bridgehead atoms. The minimum absolute atomic E-state index is 0.184. The number of nitrogens with two attached hydrogens (primary N) is 3. The molecule has 0 aliphatic rings. The van der Waals surface area contributed by atoms with Gasteiger partial charge >= 0.3 is 0 Å². The van der Waals surface area contributed by atoms with E-state index >= 15 is 0 Å². The number of methoxy groups -OCH3 is 1. The number of ether oxygens (including phenoxy) is 5. The van der Waals surface area contributed by atoms with Gasteiger partial charge in [-0.25, -0.2) is 0 Å². The van der Waals surface area contributed by atoms with E-state index in [1.807, 2.05) is 97.1 Å². The highest BCUT2D eigenvalue weighted by Crippen LogP contribution is 2.55. The molecule has 12 nitrogen and oxygen atoms in total. The molecule has 0 unspecified atom stereocenters. The van der Waals surface area contributed by atoms with Gasteiger partial charge in [-0.05, 0) is 92.4 Å². The molecule has 0 saturated carbocycles. The van der Waals surface area contributed by atoms with Crippen molar-refractivity contribution < 1.29 is 23.7 Å². The van der Waals surface area contributed by atoms with E-state index in [2.05, 4.69) is 52.0 Å². The number of nitriles is 4. The number of hydrogen-bond donors (Lipinski definition) is 3. The van der Waals surface area contributed by atoms with Gasteiger partial charge in [0.2, 0.25) is 0 Å². The first-order valence-corrected chi connectivity index (χ1v) is 29.4. The second-order valence-corrected chi connectivity index (χ2v) is 21.8. The predicted molar refractivity (Wildman–Crippen MR) is 314 cm³/mol. The molecule has 16 heteroatoms. The summed E-state index contributed by atoms with van der Waals surface area (Å²) in [6.07, 6.45) is 11.6. The smallest absolute Gasteiger partial charge is 0.153 e. The van der Waals surface area contributed by atoms with Crippen LogP contribution in [-0.4, -0.2) is 33.5 Å². The summed E-state index contributed by atoms with van der Waals surface area (Å²) >= 11 is 5.76. The quantitative estimate of drug-likeness (QED) is 0.0294. The van der Waals surface area contributed by atoms with Crippen LogP contribution in [0.4, 0.5) is 17.1 Å². The van der Waals surface area contributed by atoms with Gasteiger partial charge in [0.15, 0.2) is 23.0 Å². The summed E-state index contributed by atoms with van der Waals surface area (Å²) in [7, 11) is 1.63. The van der Waals surface area contributed by atoms with Crippen LogP contribution in [0.15, 0.2) is 136 Å². The normalized spacial score (nSPS) is 10.5. The fourth-order valence-electron chi connectivity index (χ4n) is 7.60. The van der Waals surface area contributed by atoms with Crippen molar-refractivity contribution in [1.82, 2.24) is 0 Å². The first-order chi connectivity index (χ1) is 37.6. The standard InChI is InChI=1S/C31H35N3O3S2.C30H34N4O2S2/c1-4-6-10-18-36-28-24(20-32)25(21-33)29(37-19-11-7-5-2)31(39-27-13-9-8-12-26(27)34)30(28)38-23-16-14-22(35-3)15-17-23;1-3-5-9-16-35-27-23(19-31)24(20-32)28(36-17-10-6-4-2)30(38-26-15-8-7-14-25(26)34)29(27)37-22-13-11-12-21(33)18-22/h8-9,12-17H,4-7,10-11,18-19,34H2,1-3H3;7-8,11-15,18H,3-6,9-10,16-17,33-34H2,1-2H3.